The molecular weight excluding hydrogens is 290 g/mol. The quantitative estimate of drug-likeness (QED) is 0.661. The Kier molecular flexibility index (Phi) is 3.43. The fourth-order valence-corrected chi connectivity index (χ4v) is 4.23. The first-order chi connectivity index (χ1) is 10.8. The molecule has 0 saturated carbocycles. The fraction of sp³-hybridized carbons (Fsp3) is 0.211. The predicted octanol–water partition coefficient (Wildman–Crippen LogP) is 4.88. The number of thiophene rings is 1. The molecule has 3 aromatic rings. The molecule has 3 heteroatoms. The van der Waals surface area contributed by atoms with Crippen LogP contribution >= 0.6 is 11.3 Å². The first-order valence-electron chi connectivity index (χ1n) is 7.67. The Hall–Kier alpha value is -2.13. The molecule has 1 aliphatic rings. The zero-order valence-corrected chi connectivity index (χ0v) is 13.1. The van der Waals surface area contributed by atoms with Gasteiger partial charge in [0.1, 0.15) is 0 Å². The van der Waals surface area contributed by atoms with Gasteiger partial charge in [-0.1, -0.05) is 42.5 Å². The monoisotopic (exact) mass is 307 g/mol. The van der Waals surface area contributed by atoms with E-state index in [-0.39, 0.29) is 11.9 Å². The molecule has 0 N–H and O–H groups in total. The lowest BCUT2D eigenvalue weighted by molar-refractivity contribution is 0.0740. The topological polar surface area (TPSA) is 20.3 Å². The van der Waals surface area contributed by atoms with Crippen molar-refractivity contribution in [2.45, 2.75) is 18.9 Å². The van der Waals surface area contributed by atoms with Crippen molar-refractivity contribution in [2.75, 3.05) is 6.54 Å². The lowest BCUT2D eigenvalue weighted by Gasteiger charge is -2.24. The smallest absolute Gasteiger partial charge is 0.255 e. The summed E-state index contributed by atoms with van der Waals surface area (Å²) in [6, 6.07) is 18.6. The van der Waals surface area contributed by atoms with E-state index >= 15 is 0 Å². The molecule has 1 saturated heterocycles. The number of hydrogen-bond donors (Lipinski definition) is 0. The second-order valence-corrected chi connectivity index (χ2v) is 6.68. The molecule has 0 bridgehead atoms. The standard InChI is InChI=1S/C19H17NOS/c21-19(16-9-3-7-14-6-1-2-8-15(14)16)20-12-4-10-17(20)18-11-5-13-22-18/h1-3,5-9,11,13,17H,4,10,12H2. The van der Waals surface area contributed by atoms with E-state index in [4.69, 9.17) is 0 Å². The van der Waals surface area contributed by atoms with Gasteiger partial charge in [-0.3, -0.25) is 4.79 Å². The Morgan fingerprint density at radius 3 is 2.77 bits per heavy atom. The Labute approximate surface area is 134 Å². The molecule has 1 aliphatic heterocycles. The van der Waals surface area contributed by atoms with E-state index in [0.29, 0.717) is 0 Å². The second-order valence-electron chi connectivity index (χ2n) is 5.70. The highest BCUT2D eigenvalue weighted by atomic mass is 32.1. The third kappa shape index (κ3) is 2.22. The van der Waals surface area contributed by atoms with E-state index in [2.05, 4.69) is 29.6 Å². The van der Waals surface area contributed by atoms with E-state index in [1.54, 1.807) is 11.3 Å². The number of amides is 1. The van der Waals surface area contributed by atoms with Gasteiger partial charge in [-0.2, -0.15) is 0 Å². The molecule has 0 aliphatic carbocycles. The van der Waals surface area contributed by atoms with E-state index in [1.165, 1.54) is 4.88 Å². The maximum absolute atomic E-state index is 13.1. The third-order valence-electron chi connectivity index (χ3n) is 4.41. The molecule has 4 rings (SSSR count). The number of carbonyl (C=O) groups is 1. The fourth-order valence-electron chi connectivity index (χ4n) is 3.35. The number of benzene rings is 2. The minimum atomic E-state index is 0.160. The minimum Gasteiger partial charge on any atom is -0.331 e. The molecule has 1 unspecified atom stereocenters. The summed E-state index contributed by atoms with van der Waals surface area (Å²) in [7, 11) is 0. The van der Waals surface area contributed by atoms with Gasteiger partial charge in [-0.15, -0.1) is 11.3 Å². The zero-order chi connectivity index (χ0) is 14.9. The van der Waals surface area contributed by atoms with Crippen LogP contribution in [0.4, 0.5) is 0 Å². The lowest BCUT2D eigenvalue weighted by atomic mass is 10.0. The van der Waals surface area contributed by atoms with Crippen LogP contribution in [0.5, 0.6) is 0 Å². The zero-order valence-electron chi connectivity index (χ0n) is 12.2. The first-order valence-corrected chi connectivity index (χ1v) is 8.55. The lowest BCUT2D eigenvalue weighted by Crippen LogP contribution is -2.30. The normalized spacial score (nSPS) is 18.0. The highest BCUT2D eigenvalue weighted by Crippen LogP contribution is 2.36. The van der Waals surface area contributed by atoms with E-state index < -0.39 is 0 Å². The molecule has 1 fully saturated rings. The Bertz CT molecular complexity index is 804. The van der Waals surface area contributed by atoms with Crippen LogP contribution in [-0.4, -0.2) is 17.4 Å². The van der Waals surface area contributed by atoms with Gasteiger partial charge in [-0.25, -0.2) is 0 Å². The summed E-state index contributed by atoms with van der Waals surface area (Å²) >= 11 is 1.75. The van der Waals surface area contributed by atoms with Crippen molar-refractivity contribution in [1.29, 1.82) is 0 Å². The van der Waals surface area contributed by atoms with E-state index in [9.17, 15) is 4.79 Å². The van der Waals surface area contributed by atoms with E-state index in [0.717, 1.165) is 35.7 Å². The number of carbonyl (C=O) groups excluding carboxylic acids is 1. The summed E-state index contributed by atoms with van der Waals surface area (Å²) in [4.78, 5) is 16.4. The molecule has 1 amide bonds. The van der Waals surface area contributed by atoms with Crippen molar-refractivity contribution < 1.29 is 4.79 Å². The Morgan fingerprint density at radius 1 is 1.05 bits per heavy atom. The second kappa shape index (κ2) is 5.58. The number of fused-ring (bicyclic) bond motifs is 1. The minimum absolute atomic E-state index is 0.160. The molecular formula is C19H17NOS. The van der Waals surface area contributed by atoms with Crippen LogP contribution in [0.15, 0.2) is 60.0 Å². The third-order valence-corrected chi connectivity index (χ3v) is 5.38. The maximum atomic E-state index is 13.1. The van der Waals surface area contributed by atoms with Crippen LogP contribution in [0.2, 0.25) is 0 Å². The Balaban J connectivity index is 1.74. The average molecular weight is 307 g/mol. The molecule has 0 spiro atoms. The summed E-state index contributed by atoms with van der Waals surface area (Å²) in [6.45, 7) is 0.852. The molecule has 22 heavy (non-hydrogen) atoms. The predicted molar refractivity (Wildman–Crippen MR) is 91.3 cm³/mol. The van der Waals surface area contributed by atoms with Gasteiger partial charge >= 0.3 is 0 Å². The summed E-state index contributed by atoms with van der Waals surface area (Å²) in [5.41, 5.74) is 0.821. The first kappa shape index (κ1) is 13.5. The maximum Gasteiger partial charge on any atom is 0.255 e. The van der Waals surface area contributed by atoms with E-state index in [1.807, 2.05) is 35.2 Å². The van der Waals surface area contributed by atoms with Crippen LogP contribution in [0.1, 0.15) is 34.1 Å². The summed E-state index contributed by atoms with van der Waals surface area (Å²) in [6.07, 6.45) is 2.15. The van der Waals surface area contributed by atoms with Gasteiger partial charge < -0.3 is 4.90 Å². The van der Waals surface area contributed by atoms with Crippen molar-refractivity contribution in [2.24, 2.45) is 0 Å². The highest BCUT2D eigenvalue weighted by molar-refractivity contribution is 7.10. The van der Waals surface area contributed by atoms with Crippen LogP contribution in [0.25, 0.3) is 10.8 Å². The largest absolute Gasteiger partial charge is 0.331 e. The summed E-state index contributed by atoms with van der Waals surface area (Å²) in [5.74, 6) is 0.160. The highest BCUT2D eigenvalue weighted by Gasteiger charge is 2.31. The van der Waals surface area contributed by atoms with Crippen molar-refractivity contribution in [3.63, 3.8) is 0 Å². The number of hydrogen-bond acceptors (Lipinski definition) is 2. The SMILES string of the molecule is O=C(c1cccc2ccccc12)N1CCCC1c1cccs1. The Morgan fingerprint density at radius 2 is 1.91 bits per heavy atom. The van der Waals surface area contributed by atoms with Crippen LogP contribution in [0.3, 0.4) is 0 Å². The molecule has 1 aromatic heterocycles. The van der Waals surface area contributed by atoms with Gasteiger partial charge in [0.05, 0.1) is 6.04 Å². The average Bonchev–Trinajstić information content (AvgIpc) is 3.24. The van der Waals surface area contributed by atoms with Crippen molar-refractivity contribution >= 4 is 28.0 Å². The molecule has 110 valence electrons. The number of nitrogens with zero attached hydrogens (tertiary/aromatic N) is 1. The molecule has 2 nitrogen and oxygen atoms in total. The van der Waals surface area contributed by atoms with Gasteiger partial charge in [0.15, 0.2) is 0 Å². The van der Waals surface area contributed by atoms with Gasteiger partial charge in [-0.05, 0) is 41.1 Å². The van der Waals surface area contributed by atoms with Gasteiger partial charge in [0.2, 0.25) is 0 Å². The summed E-state index contributed by atoms with van der Waals surface area (Å²) in [5, 5.41) is 4.26. The van der Waals surface area contributed by atoms with Crippen LogP contribution in [-0.2, 0) is 0 Å². The molecule has 2 aromatic carbocycles. The van der Waals surface area contributed by atoms with Crippen molar-refractivity contribution in [3.05, 3.63) is 70.4 Å². The van der Waals surface area contributed by atoms with Gasteiger partial charge in [0, 0.05) is 17.0 Å². The number of likely N-dealkylation sites (tertiary alicyclic amines) is 1. The molecule has 0 radical (unpaired) electrons. The van der Waals surface area contributed by atoms with Crippen molar-refractivity contribution in [1.82, 2.24) is 4.90 Å². The molecule has 1 atom stereocenters. The van der Waals surface area contributed by atoms with Crippen LogP contribution in [0, 0.1) is 0 Å². The van der Waals surface area contributed by atoms with Gasteiger partial charge in [0.25, 0.3) is 5.91 Å². The number of rotatable bonds is 2. The van der Waals surface area contributed by atoms with Crippen molar-refractivity contribution in [3.8, 4) is 0 Å². The summed E-state index contributed by atoms with van der Waals surface area (Å²) < 4.78 is 0. The molecule has 2 heterocycles. The van der Waals surface area contributed by atoms with Crippen LogP contribution < -0.4 is 0 Å².